The summed E-state index contributed by atoms with van der Waals surface area (Å²) < 4.78 is 0. The van der Waals surface area contributed by atoms with Crippen molar-refractivity contribution in [1.82, 2.24) is 4.90 Å². The molecule has 2 unspecified atom stereocenters. The monoisotopic (exact) mass is 194 g/mol. The van der Waals surface area contributed by atoms with Gasteiger partial charge >= 0.3 is 6.09 Å². The lowest BCUT2D eigenvalue weighted by Gasteiger charge is -2.36. The quantitative estimate of drug-likeness (QED) is 0.692. The van der Waals surface area contributed by atoms with Crippen molar-refractivity contribution >= 4 is 6.09 Å². The maximum absolute atomic E-state index is 10.9. The Morgan fingerprint density at radius 3 is 2.43 bits per heavy atom. The zero-order valence-corrected chi connectivity index (χ0v) is 8.02. The Labute approximate surface area is 83.1 Å². The van der Waals surface area contributed by atoms with E-state index in [2.05, 4.69) is 6.07 Å². The third kappa shape index (κ3) is 1.43. The van der Waals surface area contributed by atoms with Gasteiger partial charge in [-0.25, -0.2) is 4.79 Å². The molecule has 1 amide bonds. The molecular formula is C10H14N2O2. The van der Waals surface area contributed by atoms with Gasteiger partial charge in [-0.15, -0.1) is 0 Å². The normalized spacial score (nSPS) is 35.4. The van der Waals surface area contributed by atoms with E-state index in [9.17, 15) is 4.79 Å². The van der Waals surface area contributed by atoms with Crippen molar-refractivity contribution in [3.05, 3.63) is 0 Å². The van der Waals surface area contributed by atoms with Crippen LogP contribution in [0.5, 0.6) is 0 Å². The van der Waals surface area contributed by atoms with Crippen LogP contribution in [0.1, 0.15) is 32.1 Å². The Hall–Kier alpha value is -1.24. The molecule has 2 fully saturated rings. The molecule has 0 aromatic carbocycles. The second-order valence-corrected chi connectivity index (χ2v) is 4.27. The molecule has 0 spiro atoms. The number of piperidine rings is 1. The standard InChI is InChI=1S/C10H14N2O2/c11-4-3-7-5-8-1-2-9(6-7)12(8)10(13)14/h7-9H,1-3,5-6H2,(H,13,14). The highest BCUT2D eigenvalue weighted by Gasteiger charge is 2.42. The Morgan fingerprint density at radius 2 is 2.00 bits per heavy atom. The summed E-state index contributed by atoms with van der Waals surface area (Å²) in [5.74, 6) is 0.424. The molecule has 76 valence electrons. The van der Waals surface area contributed by atoms with E-state index >= 15 is 0 Å². The fourth-order valence-electron chi connectivity index (χ4n) is 2.90. The number of nitrogens with zero attached hydrogens (tertiary/aromatic N) is 2. The number of amides is 1. The molecular weight excluding hydrogens is 180 g/mol. The zero-order chi connectivity index (χ0) is 10.1. The lowest BCUT2D eigenvalue weighted by atomic mass is 9.89. The maximum atomic E-state index is 10.9. The van der Waals surface area contributed by atoms with Crippen LogP contribution in [0.25, 0.3) is 0 Å². The second kappa shape index (κ2) is 3.49. The van der Waals surface area contributed by atoms with Crippen LogP contribution in [-0.2, 0) is 0 Å². The summed E-state index contributed by atoms with van der Waals surface area (Å²) >= 11 is 0. The molecule has 0 radical (unpaired) electrons. The van der Waals surface area contributed by atoms with Crippen molar-refractivity contribution in [2.75, 3.05) is 0 Å². The van der Waals surface area contributed by atoms with Crippen LogP contribution in [0.2, 0.25) is 0 Å². The van der Waals surface area contributed by atoms with E-state index in [-0.39, 0.29) is 12.1 Å². The van der Waals surface area contributed by atoms with Gasteiger partial charge < -0.3 is 10.0 Å². The van der Waals surface area contributed by atoms with Crippen LogP contribution in [0.15, 0.2) is 0 Å². The SMILES string of the molecule is N#CCC1CC2CCC(C1)N2C(=O)O. The van der Waals surface area contributed by atoms with E-state index in [4.69, 9.17) is 10.4 Å². The van der Waals surface area contributed by atoms with E-state index in [1.807, 2.05) is 0 Å². The molecule has 0 aromatic rings. The highest BCUT2D eigenvalue weighted by Crippen LogP contribution is 2.39. The summed E-state index contributed by atoms with van der Waals surface area (Å²) in [5.41, 5.74) is 0. The summed E-state index contributed by atoms with van der Waals surface area (Å²) in [4.78, 5) is 12.5. The van der Waals surface area contributed by atoms with Gasteiger partial charge in [0.2, 0.25) is 0 Å². The smallest absolute Gasteiger partial charge is 0.407 e. The number of carbonyl (C=O) groups is 1. The predicted octanol–water partition coefficient (Wildman–Crippen LogP) is 1.82. The third-order valence-electron chi connectivity index (χ3n) is 3.43. The van der Waals surface area contributed by atoms with Crippen LogP contribution in [-0.4, -0.2) is 28.2 Å². The van der Waals surface area contributed by atoms with Gasteiger partial charge in [-0.1, -0.05) is 0 Å². The van der Waals surface area contributed by atoms with Crippen LogP contribution in [0.3, 0.4) is 0 Å². The molecule has 2 aliphatic heterocycles. The van der Waals surface area contributed by atoms with Crippen molar-refractivity contribution in [3.8, 4) is 6.07 Å². The van der Waals surface area contributed by atoms with Gasteiger partial charge in [0.05, 0.1) is 6.07 Å². The number of hydrogen-bond donors (Lipinski definition) is 1. The van der Waals surface area contributed by atoms with E-state index < -0.39 is 6.09 Å². The first-order chi connectivity index (χ1) is 6.72. The van der Waals surface area contributed by atoms with Gasteiger partial charge in [0, 0.05) is 18.5 Å². The minimum atomic E-state index is -0.784. The highest BCUT2D eigenvalue weighted by molar-refractivity contribution is 5.66. The summed E-state index contributed by atoms with van der Waals surface area (Å²) in [6.07, 6.45) is 3.54. The van der Waals surface area contributed by atoms with E-state index in [1.165, 1.54) is 0 Å². The van der Waals surface area contributed by atoms with Gasteiger partial charge in [-0.05, 0) is 31.6 Å². The van der Waals surface area contributed by atoms with Crippen LogP contribution >= 0.6 is 0 Å². The van der Waals surface area contributed by atoms with Crippen LogP contribution in [0.4, 0.5) is 4.79 Å². The van der Waals surface area contributed by atoms with Crippen molar-refractivity contribution in [3.63, 3.8) is 0 Å². The molecule has 1 N–H and O–H groups in total. The zero-order valence-electron chi connectivity index (χ0n) is 8.02. The van der Waals surface area contributed by atoms with Gasteiger partial charge in [-0.2, -0.15) is 5.26 Å². The molecule has 2 heterocycles. The Balaban J connectivity index is 2.05. The Morgan fingerprint density at radius 1 is 1.43 bits per heavy atom. The number of rotatable bonds is 1. The lowest BCUT2D eigenvalue weighted by Crippen LogP contribution is -2.45. The summed E-state index contributed by atoms with van der Waals surface area (Å²) in [5, 5.41) is 17.6. The van der Waals surface area contributed by atoms with Crippen LogP contribution in [0, 0.1) is 17.2 Å². The summed E-state index contributed by atoms with van der Waals surface area (Å²) in [7, 11) is 0. The summed E-state index contributed by atoms with van der Waals surface area (Å²) in [6, 6.07) is 2.55. The molecule has 2 atom stereocenters. The molecule has 0 aromatic heterocycles. The van der Waals surface area contributed by atoms with Crippen molar-refractivity contribution in [1.29, 1.82) is 5.26 Å². The first-order valence-electron chi connectivity index (χ1n) is 5.10. The molecule has 14 heavy (non-hydrogen) atoms. The van der Waals surface area contributed by atoms with Gasteiger partial charge in [0.15, 0.2) is 0 Å². The largest absolute Gasteiger partial charge is 0.465 e. The third-order valence-corrected chi connectivity index (χ3v) is 3.43. The second-order valence-electron chi connectivity index (χ2n) is 4.27. The van der Waals surface area contributed by atoms with E-state index in [1.54, 1.807) is 4.90 Å². The molecule has 0 aliphatic carbocycles. The van der Waals surface area contributed by atoms with Crippen molar-refractivity contribution in [2.45, 2.75) is 44.2 Å². The molecule has 2 saturated heterocycles. The minimum absolute atomic E-state index is 0.185. The first kappa shape index (κ1) is 9.32. The number of nitriles is 1. The van der Waals surface area contributed by atoms with Crippen molar-refractivity contribution in [2.24, 2.45) is 5.92 Å². The molecule has 0 saturated carbocycles. The Kier molecular flexibility index (Phi) is 2.32. The van der Waals surface area contributed by atoms with E-state index in [0.29, 0.717) is 12.3 Å². The maximum Gasteiger partial charge on any atom is 0.407 e. The Bertz CT molecular complexity index is 270. The van der Waals surface area contributed by atoms with Crippen molar-refractivity contribution < 1.29 is 9.90 Å². The topological polar surface area (TPSA) is 64.3 Å². The average Bonchev–Trinajstić information content (AvgIpc) is 2.39. The molecule has 2 aliphatic rings. The fourth-order valence-corrected chi connectivity index (χ4v) is 2.90. The number of fused-ring (bicyclic) bond motifs is 2. The molecule has 2 rings (SSSR count). The van der Waals surface area contributed by atoms with Gasteiger partial charge in [-0.3, -0.25) is 0 Å². The summed E-state index contributed by atoms with van der Waals surface area (Å²) in [6.45, 7) is 0. The number of carboxylic acid groups (broad SMARTS) is 1. The number of hydrogen-bond acceptors (Lipinski definition) is 2. The average molecular weight is 194 g/mol. The van der Waals surface area contributed by atoms with E-state index in [0.717, 1.165) is 25.7 Å². The van der Waals surface area contributed by atoms with Gasteiger partial charge in [0.1, 0.15) is 0 Å². The molecule has 4 nitrogen and oxygen atoms in total. The lowest BCUT2D eigenvalue weighted by molar-refractivity contribution is 0.0858. The highest BCUT2D eigenvalue weighted by atomic mass is 16.4. The van der Waals surface area contributed by atoms with Crippen LogP contribution < -0.4 is 0 Å². The first-order valence-corrected chi connectivity index (χ1v) is 5.10. The predicted molar refractivity (Wildman–Crippen MR) is 49.6 cm³/mol. The molecule has 4 heteroatoms. The van der Waals surface area contributed by atoms with Gasteiger partial charge in [0.25, 0.3) is 0 Å². The fraction of sp³-hybridized carbons (Fsp3) is 0.800. The molecule has 2 bridgehead atoms. The minimum Gasteiger partial charge on any atom is -0.465 e.